The molecule has 0 amide bonds. The quantitative estimate of drug-likeness (QED) is 0.00889. The molecule has 2 heterocycles. The largest absolute Gasteiger partial charge is 0.472 e. The van der Waals surface area contributed by atoms with Crippen molar-refractivity contribution in [3.63, 3.8) is 0 Å². The number of phosphoric ester groups is 1. The number of carbonyl (C=O) groups is 4. The minimum atomic E-state index is -5.81. The van der Waals surface area contributed by atoms with Crippen LogP contribution in [0.1, 0.15) is 407 Å². The molecule has 117 heavy (non-hydrogen) atoms. The van der Waals surface area contributed by atoms with E-state index in [0.29, 0.717) is 38.0 Å². The molecule has 0 spiro atoms. The van der Waals surface area contributed by atoms with Crippen LogP contribution in [0.15, 0.2) is 12.2 Å². The van der Waals surface area contributed by atoms with Crippen molar-refractivity contribution >= 4 is 31.7 Å². The number of unbranched alkanes of at least 4 members (excludes halogenated alkanes) is 46. The summed E-state index contributed by atoms with van der Waals surface area (Å²) < 4.78 is 73.4. The van der Waals surface area contributed by atoms with Crippen LogP contribution in [0, 0.1) is 5.92 Å². The molecule has 19 atom stereocenters. The number of ether oxygens (including phenoxy) is 8. The third-order valence-corrected chi connectivity index (χ3v) is 24.4. The maximum atomic E-state index is 14.9. The van der Waals surface area contributed by atoms with Gasteiger partial charge in [0.1, 0.15) is 92.6 Å². The predicted molar refractivity (Wildman–Crippen MR) is 453 cm³/mol. The average molecular weight is 1690 g/mol. The van der Waals surface area contributed by atoms with Crippen molar-refractivity contribution in [3.05, 3.63) is 12.2 Å². The molecule has 2 saturated heterocycles. The zero-order valence-corrected chi connectivity index (χ0v) is 74.3. The Bertz CT molecular complexity index is 2500. The van der Waals surface area contributed by atoms with Crippen molar-refractivity contribution in [1.82, 2.24) is 0 Å². The van der Waals surface area contributed by atoms with Gasteiger partial charge in [-0.05, 0) is 57.3 Å². The topological polar surface area (TPSA) is 380 Å². The Kier molecular flexibility index (Phi) is 64.4. The highest BCUT2D eigenvalue weighted by Gasteiger charge is 2.60. The maximum absolute atomic E-state index is 14.9. The fourth-order valence-corrected chi connectivity index (χ4v) is 16.8. The number of carbonyl (C=O) groups excluding carboxylic acids is 4. The SMILES string of the molecule is CCCCCCCC/C=C\CCCCCC(=O)OC1C(O)C(O)C(OC2OC(CO)C(O)C(O)C2O)C(OP(=O)(O)OCC(COC(=O)CCCCCCCCC(C)CCCCCCCC)OC(=O)CCCCCCCCCCCCCCC)C1OC1OC(COC(=O)CCCCCCCCCCCCCCCCCC)C(O)C(O)C1O. The molecule has 26 heteroatoms. The van der Waals surface area contributed by atoms with Gasteiger partial charge in [0, 0.05) is 25.7 Å². The van der Waals surface area contributed by atoms with Gasteiger partial charge in [-0.15, -0.1) is 0 Å². The van der Waals surface area contributed by atoms with Crippen LogP contribution in [0.25, 0.3) is 0 Å². The van der Waals surface area contributed by atoms with Crippen LogP contribution in [-0.2, 0) is 70.7 Å². The highest BCUT2D eigenvalue weighted by molar-refractivity contribution is 7.47. The van der Waals surface area contributed by atoms with Crippen molar-refractivity contribution in [2.75, 3.05) is 26.4 Å². The summed E-state index contributed by atoms with van der Waals surface area (Å²) in [5, 5.41) is 102. The van der Waals surface area contributed by atoms with E-state index in [-0.39, 0.29) is 32.1 Å². The molecular weight excluding hydrogens is 1520 g/mol. The fraction of sp³-hybridized carbons (Fsp3) is 0.934. The Morgan fingerprint density at radius 3 is 1.11 bits per heavy atom. The van der Waals surface area contributed by atoms with Crippen LogP contribution in [0.2, 0.25) is 0 Å². The number of aliphatic hydroxyl groups is 9. The summed E-state index contributed by atoms with van der Waals surface area (Å²) in [6, 6.07) is 0. The highest BCUT2D eigenvalue weighted by atomic mass is 31.2. The van der Waals surface area contributed by atoms with Crippen molar-refractivity contribution in [2.45, 2.75) is 511 Å². The normalized spacial score (nSPS) is 25.3. The third-order valence-electron chi connectivity index (χ3n) is 23.4. The molecule has 3 fully saturated rings. The highest BCUT2D eigenvalue weighted by Crippen LogP contribution is 2.49. The summed E-state index contributed by atoms with van der Waals surface area (Å²) in [6.45, 7) is 7.93. The van der Waals surface area contributed by atoms with Crippen molar-refractivity contribution < 1.29 is 122 Å². The van der Waals surface area contributed by atoms with Gasteiger partial charge < -0.3 is 88.7 Å². The summed E-state index contributed by atoms with van der Waals surface area (Å²) in [5.41, 5.74) is 0. The first-order chi connectivity index (χ1) is 56.6. The van der Waals surface area contributed by atoms with Crippen LogP contribution in [0.3, 0.4) is 0 Å². The lowest BCUT2D eigenvalue weighted by molar-refractivity contribution is -0.360. The van der Waals surface area contributed by atoms with Gasteiger partial charge in [-0.25, -0.2) is 4.57 Å². The van der Waals surface area contributed by atoms with Crippen molar-refractivity contribution in [3.8, 4) is 0 Å². The molecule has 0 aromatic carbocycles. The van der Waals surface area contributed by atoms with Crippen molar-refractivity contribution in [1.29, 1.82) is 0 Å². The smallest absolute Gasteiger partial charge is 0.463 e. The van der Waals surface area contributed by atoms with E-state index in [1.165, 1.54) is 186 Å². The van der Waals surface area contributed by atoms with Gasteiger partial charge in [0.25, 0.3) is 0 Å². The van der Waals surface area contributed by atoms with E-state index < -0.39 is 162 Å². The Morgan fingerprint density at radius 2 is 0.692 bits per heavy atom. The number of phosphoric acid groups is 1. The Hall–Kier alpha value is -2.79. The van der Waals surface area contributed by atoms with Gasteiger partial charge in [-0.2, -0.15) is 0 Å². The molecule has 2 aliphatic heterocycles. The maximum Gasteiger partial charge on any atom is 0.472 e. The molecule has 25 nitrogen and oxygen atoms in total. The number of hydrogen-bond acceptors (Lipinski definition) is 24. The second kappa shape index (κ2) is 69.5. The molecule has 0 bridgehead atoms. The summed E-state index contributed by atoms with van der Waals surface area (Å²) in [5.74, 6) is -2.28. The molecule has 19 unspecified atom stereocenters. The van der Waals surface area contributed by atoms with Gasteiger partial charge in [0.15, 0.2) is 24.8 Å². The molecule has 3 aliphatic rings. The molecule has 1 aliphatic carbocycles. The molecule has 0 radical (unpaired) electrons. The summed E-state index contributed by atoms with van der Waals surface area (Å²) in [4.78, 5) is 66.5. The van der Waals surface area contributed by atoms with Crippen LogP contribution < -0.4 is 0 Å². The second-order valence-corrected chi connectivity index (χ2v) is 35.6. The Labute approximate surface area is 705 Å². The molecule has 10 N–H and O–H groups in total. The molecule has 0 aromatic heterocycles. The minimum absolute atomic E-state index is 0.0171. The third kappa shape index (κ3) is 50.1. The van der Waals surface area contributed by atoms with E-state index in [0.717, 1.165) is 122 Å². The lowest BCUT2D eigenvalue weighted by atomic mass is 9.84. The standard InChI is InChI=1S/C91H169O25P/c1-6-10-14-18-22-25-28-31-32-33-36-37-40-43-50-57-63-75(94)108-69-73-79(98)81(100)85(104)91(112-73)115-88-86(113-77(96)65-59-53-45-42-39-35-30-27-24-20-16-12-8-3)82(101)83(102)87(114-90-84(103)80(99)78(97)72(66-92)111-90)89(88)116-117(105,106)109-68-71(110-76(95)64-58-52-44-41-38-34-29-26-23-19-15-11-7-2)67-107-74(93)62-56-51-47-46-49-55-61-70(5)60-54-48-21-17-13-9-4/h35,39,70-73,78-92,97-104H,6-34,36-38,40-69H2,1-5H3,(H,105,106)/b39-35-. The first-order valence-electron chi connectivity index (χ1n) is 47.3. The Morgan fingerprint density at radius 1 is 0.359 bits per heavy atom. The van der Waals surface area contributed by atoms with Crippen LogP contribution in [0.5, 0.6) is 0 Å². The molecule has 688 valence electrons. The lowest BCUT2D eigenvalue weighted by Crippen LogP contribution is -2.70. The van der Waals surface area contributed by atoms with Crippen LogP contribution in [0.4, 0.5) is 0 Å². The van der Waals surface area contributed by atoms with Gasteiger partial charge in [-0.3, -0.25) is 28.2 Å². The average Bonchev–Trinajstić information content (AvgIpc) is 0.749. The first-order valence-corrected chi connectivity index (χ1v) is 48.8. The van der Waals surface area contributed by atoms with Gasteiger partial charge >= 0.3 is 31.7 Å². The van der Waals surface area contributed by atoms with E-state index in [9.17, 15) is 74.6 Å². The van der Waals surface area contributed by atoms with Gasteiger partial charge in [0.05, 0.1) is 13.2 Å². The molecule has 0 aromatic rings. The monoisotopic (exact) mass is 1690 g/mol. The van der Waals surface area contributed by atoms with Crippen molar-refractivity contribution in [2.24, 2.45) is 5.92 Å². The van der Waals surface area contributed by atoms with Crippen LogP contribution >= 0.6 is 7.82 Å². The minimum Gasteiger partial charge on any atom is -0.463 e. The number of esters is 4. The fourth-order valence-electron chi connectivity index (χ4n) is 15.8. The van der Waals surface area contributed by atoms with Gasteiger partial charge in [0.2, 0.25) is 0 Å². The number of hydrogen-bond donors (Lipinski definition) is 10. The second-order valence-electron chi connectivity index (χ2n) is 34.2. The number of allylic oxidation sites excluding steroid dienone is 2. The lowest BCUT2D eigenvalue weighted by Gasteiger charge is -2.50. The zero-order chi connectivity index (χ0) is 85.5. The van der Waals surface area contributed by atoms with Crippen LogP contribution in [-0.4, -0.2) is 205 Å². The van der Waals surface area contributed by atoms with E-state index in [1.807, 2.05) is 0 Å². The van der Waals surface area contributed by atoms with E-state index in [1.54, 1.807) is 0 Å². The zero-order valence-electron chi connectivity index (χ0n) is 73.4. The predicted octanol–water partition coefficient (Wildman–Crippen LogP) is 17.4. The van der Waals surface area contributed by atoms with E-state index in [4.69, 9.17) is 46.9 Å². The van der Waals surface area contributed by atoms with Gasteiger partial charge in [-0.1, -0.05) is 342 Å². The summed E-state index contributed by atoms with van der Waals surface area (Å²) >= 11 is 0. The molecule has 3 rings (SSSR count). The van der Waals surface area contributed by atoms with E-state index >= 15 is 0 Å². The summed E-state index contributed by atoms with van der Waals surface area (Å²) in [6.07, 6.45) is 26.5. The molecular formula is C91H169O25P. The summed E-state index contributed by atoms with van der Waals surface area (Å²) in [7, 11) is -5.81. The Balaban J connectivity index is 1.91. The number of rotatable bonds is 76. The number of aliphatic hydroxyl groups excluding tert-OH is 9. The van der Waals surface area contributed by atoms with E-state index in [2.05, 4.69) is 46.8 Å². The molecule has 1 saturated carbocycles. The first kappa shape index (κ1) is 108.